The fraction of sp³-hybridized carbons (Fsp3) is 0.667. The van der Waals surface area contributed by atoms with Crippen LogP contribution in [0.4, 0.5) is 0 Å². The number of carbonyl (C=O) groups is 1. The highest BCUT2D eigenvalue weighted by Crippen LogP contribution is 2.30. The van der Waals surface area contributed by atoms with Gasteiger partial charge in [-0.3, -0.25) is 9.69 Å². The minimum absolute atomic E-state index is 0. The average Bonchev–Trinajstić information content (AvgIpc) is 2.61. The van der Waals surface area contributed by atoms with Crippen LogP contribution in [-0.4, -0.2) is 36.5 Å². The molecule has 0 saturated carbocycles. The first kappa shape index (κ1) is 21.2. The maximum Gasteiger partial charge on any atom is 0.237 e. The number of hydrogen-bond donors (Lipinski definition) is 2. The van der Waals surface area contributed by atoms with Gasteiger partial charge < -0.3 is 10.6 Å². The average molecular weight is 380 g/mol. The summed E-state index contributed by atoms with van der Waals surface area (Å²) in [5, 5.41) is 6.50. The molecule has 0 aliphatic carbocycles. The molecule has 146 valence electrons. The van der Waals surface area contributed by atoms with E-state index in [2.05, 4.69) is 53.6 Å². The number of hydrogen-bond acceptors (Lipinski definition) is 3. The Balaban J connectivity index is 0.00000243. The van der Waals surface area contributed by atoms with E-state index in [4.69, 9.17) is 0 Å². The maximum absolute atomic E-state index is 12.5. The van der Waals surface area contributed by atoms with E-state index in [-0.39, 0.29) is 29.8 Å². The first-order valence-electron chi connectivity index (χ1n) is 9.86. The van der Waals surface area contributed by atoms with Crippen molar-refractivity contribution >= 4 is 18.3 Å². The molecule has 5 heteroatoms. The monoisotopic (exact) mass is 379 g/mol. The highest BCUT2D eigenvalue weighted by Gasteiger charge is 2.36. The summed E-state index contributed by atoms with van der Waals surface area (Å²) in [6, 6.07) is 8.63. The van der Waals surface area contributed by atoms with Crippen molar-refractivity contribution in [3.05, 3.63) is 35.4 Å². The lowest BCUT2D eigenvalue weighted by Gasteiger charge is -2.38. The van der Waals surface area contributed by atoms with Crippen LogP contribution in [-0.2, 0) is 17.9 Å². The van der Waals surface area contributed by atoms with Crippen LogP contribution in [0.15, 0.2) is 24.3 Å². The predicted octanol–water partition coefficient (Wildman–Crippen LogP) is 3.49. The molecule has 1 unspecified atom stereocenters. The lowest BCUT2D eigenvalue weighted by Crippen LogP contribution is -2.55. The van der Waals surface area contributed by atoms with Gasteiger partial charge in [0, 0.05) is 13.1 Å². The molecule has 3 rings (SSSR count). The van der Waals surface area contributed by atoms with Crippen LogP contribution in [0, 0.1) is 5.41 Å². The van der Waals surface area contributed by atoms with Gasteiger partial charge in [0.2, 0.25) is 5.91 Å². The Hall–Kier alpha value is -1.10. The van der Waals surface area contributed by atoms with Crippen molar-refractivity contribution in [2.45, 2.75) is 65.1 Å². The standard InChI is InChI=1S/C21H33N3O.ClH/c1-21(2)11-6-12-22-19(21)20(25)23-15-17-7-9-18(10-8-17)16-24-13-4-3-5-14-24;/h7-10,19,22H,3-6,11-16H2,1-2H3,(H,23,25);1H. The molecule has 1 aromatic rings. The Bertz CT molecular complexity index is 567. The van der Waals surface area contributed by atoms with Crippen LogP contribution >= 0.6 is 12.4 Å². The van der Waals surface area contributed by atoms with Gasteiger partial charge in [-0.25, -0.2) is 0 Å². The zero-order valence-electron chi connectivity index (χ0n) is 16.2. The fourth-order valence-electron chi connectivity index (χ4n) is 4.09. The van der Waals surface area contributed by atoms with Gasteiger partial charge in [0.25, 0.3) is 0 Å². The number of carbonyl (C=O) groups excluding carboxylic acids is 1. The number of benzene rings is 1. The molecule has 1 atom stereocenters. The van der Waals surface area contributed by atoms with E-state index in [1.807, 2.05) is 0 Å². The molecule has 2 aliphatic rings. The number of amides is 1. The molecular weight excluding hydrogens is 346 g/mol. The normalized spacial score (nSPS) is 23.1. The van der Waals surface area contributed by atoms with Crippen molar-refractivity contribution in [3.8, 4) is 0 Å². The lowest BCUT2D eigenvalue weighted by atomic mass is 9.77. The predicted molar refractivity (Wildman–Crippen MR) is 109 cm³/mol. The van der Waals surface area contributed by atoms with Gasteiger partial charge in [0.05, 0.1) is 6.04 Å². The van der Waals surface area contributed by atoms with Crippen LogP contribution in [0.2, 0.25) is 0 Å². The Labute approximate surface area is 164 Å². The van der Waals surface area contributed by atoms with Crippen LogP contribution in [0.3, 0.4) is 0 Å². The van der Waals surface area contributed by atoms with Gasteiger partial charge in [-0.15, -0.1) is 12.4 Å². The van der Waals surface area contributed by atoms with Crippen LogP contribution in [0.1, 0.15) is 57.1 Å². The summed E-state index contributed by atoms with van der Waals surface area (Å²) in [7, 11) is 0. The SMILES string of the molecule is CC1(C)CCCNC1C(=O)NCc1ccc(CN2CCCCC2)cc1.Cl. The molecule has 4 nitrogen and oxygen atoms in total. The van der Waals surface area contributed by atoms with Crippen molar-refractivity contribution in [3.63, 3.8) is 0 Å². The quantitative estimate of drug-likeness (QED) is 0.823. The van der Waals surface area contributed by atoms with E-state index in [0.29, 0.717) is 6.54 Å². The van der Waals surface area contributed by atoms with E-state index in [0.717, 1.165) is 25.9 Å². The van der Waals surface area contributed by atoms with Gasteiger partial charge in [-0.2, -0.15) is 0 Å². The van der Waals surface area contributed by atoms with Crippen LogP contribution < -0.4 is 10.6 Å². The number of nitrogens with one attached hydrogen (secondary N) is 2. The summed E-state index contributed by atoms with van der Waals surface area (Å²) in [5.74, 6) is 0.127. The van der Waals surface area contributed by atoms with Crippen molar-refractivity contribution in [1.82, 2.24) is 15.5 Å². The van der Waals surface area contributed by atoms with E-state index >= 15 is 0 Å². The number of likely N-dealkylation sites (tertiary alicyclic amines) is 1. The number of rotatable bonds is 5. The third-order valence-electron chi connectivity index (χ3n) is 5.73. The number of halogens is 1. The molecule has 2 fully saturated rings. The van der Waals surface area contributed by atoms with E-state index in [9.17, 15) is 4.79 Å². The summed E-state index contributed by atoms with van der Waals surface area (Å²) >= 11 is 0. The second-order valence-electron chi connectivity index (χ2n) is 8.35. The fourth-order valence-corrected chi connectivity index (χ4v) is 4.09. The molecule has 0 spiro atoms. The molecule has 1 aromatic carbocycles. The topological polar surface area (TPSA) is 44.4 Å². The highest BCUT2D eigenvalue weighted by atomic mass is 35.5. The molecule has 2 N–H and O–H groups in total. The Kier molecular flexibility index (Phi) is 7.93. The Morgan fingerprint density at radius 3 is 2.42 bits per heavy atom. The smallest absolute Gasteiger partial charge is 0.237 e. The minimum atomic E-state index is -0.0837. The molecule has 0 radical (unpaired) electrons. The first-order chi connectivity index (χ1) is 12.0. The zero-order chi connectivity index (χ0) is 17.7. The van der Waals surface area contributed by atoms with E-state index in [1.165, 1.54) is 43.5 Å². The minimum Gasteiger partial charge on any atom is -0.351 e. The van der Waals surface area contributed by atoms with Gasteiger partial charge in [-0.05, 0) is 61.9 Å². The van der Waals surface area contributed by atoms with E-state index in [1.54, 1.807) is 0 Å². The van der Waals surface area contributed by atoms with Crippen molar-refractivity contribution in [1.29, 1.82) is 0 Å². The van der Waals surface area contributed by atoms with Crippen molar-refractivity contribution in [2.24, 2.45) is 5.41 Å². The largest absolute Gasteiger partial charge is 0.351 e. The Morgan fingerprint density at radius 1 is 1.12 bits per heavy atom. The van der Waals surface area contributed by atoms with Crippen molar-refractivity contribution < 1.29 is 4.79 Å². The number of nitrogens with zero attached hydrogens (tertiary/aromatic N) is 1. The van der Waals surface area contributed by atoms with Gasteiger partial charge in [0.1, 0.15) is 0 Å². The van der Waals surface area contributed by atoms with Crippen LogP contribution in [0.25, 0.3) is 0 Å². The molecule has 1 amide bonds. The van der Waals surface area contributed by atoms with Gasteiger partial charge in [-0.1, -0.05) is 44.5 Å². The molecule has 0 aromatic heterocycles. The van der Waals surface area contributed by atoms with Crippen LogP contribution in [0.5, 0.6) is 0 Å². The van der Waals surface area contributed by atoms with Gasteiger partial charge in [0.15, 0.2) is 0 Å². The number of piperidine rings is 2. The molecule has 2 heterocycles. The zero-order valence-corrected chi connectivity index (χ0v) is 17.0. The Morgan fingerprint density at radius 2 is 1.77 bits per heavy atom. The van der Waals surface area contributed by atoms with Gasteiger partial charge >= 0.3 is 0 Å². The molecule has 0 bridgehead atoms. The summed E-state index contributed by atoms with van der Waals surface area (Å²) in [5.41, 5.74) is 2.57. The third-order valence-corrected chi connectivity index (χ3v) is 5.73. The lowest BCUT2D eigenvalue weighted by molar-refractivity contribution is -0.126. The summed E-state index contributed by atoms with van der Waals surface area (Å²) in [4.78, 5) is 15.1. The maximum atomic E-state index is 12.5. The summed E-state index contributed by atoms with van der Waals surface area (Å²) < 4.78 is 0. The second-order valence-corrected chi connectivity index (χ2v) is 8.35. The second kappa shape index (κ2) is 9.72. The molecule has 2 aliphatic heterocycles. The third kappa shape index (κ3) is 5.70. The van der Waals surface area contributed by atoms with E-state index < -0.39 is 0 Å². The molecular formula is C21H34ClN3O. The molecule has 2 saturated heterocycles. The first-order valence-corrected chi connectivity index (χ1v) is 9.86. The summed E-state index contributed by atoms with van der Waals surface area (Å²) in [6.45, 7) is 9.40. The highest BCUT2D eigenvalue weighted by molar-refractivity contribution is 5.85. The van der Waals surface area contributed by atoms with Crippen molar-refractivity contribution in [2.75, 3.05) is 19.6 Å². The summed E-state index contributed by atoms with van der Waals surface area (Å²) in [6.07, 6.45) is 6.28. The molecule has 26 heavy (non-hydrogen) atoms.